The first-order valence-corrected chi connectivity index (χ1v) is 10.0. The van der Waals surface area contributed by atoms with Crippen LogP contribution in [0.1, 0.15) is 54.1 Å². The standard InChI is InChI=1S/C23H27N3O3/c1-4-18-9-7-8-14-25(18)21-13-12-17(15-22(21)26(28)29)16(2)19-10-5-6-11-20(19)23(27)24-3/h5-6,10-13,15,18H,2,4,7-9,14H2,1,3H3,(H,24,27). The normalized spacial score (nSPS) is 16.3. The number of carbonyl (C=O) groups excluding carboxylic acids is 1. The van der Waals surface area contributed by atoms with Crippen molar-refractivity contribution in [2.75, 3.05) is 18.5 Å². The molecule has 1 fully saturated rings. The van der Waals surface area contributed by atoms with Crippen molar-refractivity contribution < 1.29 is 9.72 Å². The van der Waals surface area contributed by atoms with E-state index in [9.17, 15) is 14.9 Å². The third-order valence-corrected chi connectivity index (χ3v) is 5.65. The van der Waals surface area contributed by atoms with Crippen LogP contribution >= 0.6 is 0 Å². The molecule has 0 bridgehead atoms. The summed E-state index contributed by atoms with van der Waals surface area (Å²) in [5.41, 5.74) is 3.14. The largest absolute Gasteiger partial charge is 0.363 e. The minimum absolute atomic E-state index is 0.0847. The van der Waals surface area contributed by atoms with Gasteiger partial charge in [-0.3, -0.25) is 14.9 Å². The van der Waals surface area contributed by atoms with Gasteiger partial charge in [0.2, 0.25) is 0 Å². The molecule has 152 valence electrons. The van der Waals surface area contributed by atoms with Crippen molar-refractivity contribution in [3.8, 4) is 0 Å². The van der Waals surface area contributed by atoms with Crippen LogP contribution in [-0.2, 0) is 0 Å². The molecule has 1 unspecified atom stereocenters. The maximum atomic E-state index is 12.2. The van der Waals surface area contributed by atoms with Crippen LogP contribution in [0.5, 0.6) is 0 Å². The number of rotatable bonds is 6. The average Bonchev–Trinajstić information content (AvgIpc) is 2.77. The first-order chi connectivity index (χ1) is 14.0. The fraction of sp³-hybridized carbons (Fsp3) is 0.348. The van der Waals surface area contributed by atoms with Crippen molar-refractivity contribution in [1.29, 1.82) is 0 Å². The van der Waals surface area contributed by atoms with E-state index in [-0.39, 0.29) is 16.5 Å². The molecule has 1 N–H and O–H groups in total. The molecule has 1 atom stereocenters. The number of nitrogens with one attached hydrogen (secondary N) is 1. The third kappa shape index (κ3) is 4.16. The zero-order valence-electron chi connectivity index (χ0n) is 17.0. The lowest BCUT2D eigenvalue weighted by Crippen LogP contribution is -2.39. The molecule has 0 aliphatic carbocycles. The molecule has 2 aromatic carbocycles. The number of benzene rings is 2. The van der Waals surface area contributed by atoms with Crippen LogP contribution in [0.2, 0.25) is 0 Å². The zero-order chi connectivity index (χ0) is 21.0. The van der Waals surface area contributed by atoms with Gasteiger partial charge in [-0.2, -0.15) is 0 Å². The number of amides is 1. The van der Waals surface area contributed by atoms with Gasteiger partial charge in [-0.1, -0.05) is 37.8 Å². The molecule has 3 rings (SSSR count). The van der Waals surface area contributed by atoms with Gasteiger partial charge >= 0.3 is 0 Å². The lowest BCUT2D eigenvalue weighted by molar-refractivity contribution is -0.384. The summed E-state index contributed by atoms with van der Waals surface area (Å²) in [5.74, 6) is -0.216. The molecule has 6 heteroatoms. The molecule has 1 heterocycles. The van der Waals surface area contributed by atoms with E-state index in [0.717, 1.165) is 32.2 Å². The van der Waals surface area contributed by atoms with Crippen LogP contribution in [0.3, 0.4) is 0 Å². The van der Waals surface area contributed by atoms with Crippen molar-refractivity contribution in [2.24, 2.45) is 0 Å². The number of nitro groups is 1. The minimum atomic E-state index is -0.321. The van der Waals surface area contributed by atoms with E-state index < -0.39 is 0 Å². The number of hydrogen-bond donors (Lipinski definition) is 1. The van der Waals surface area contributed by atoms with E-state index in [1.54, 1.807) is 25.2 Å². The van der Waals surface area contributed by atoms with E-state index >= 15 is 0 Å². The SMILES string of the molecule is C=C(c1ccc(N2CCCCC2CC)c([N+](=O)[O-])c1)c1ccccc1C(=O)NC. The molecule has 0 aromatic heterocycles. The van der Waals surface area contributed by atoms with E-state index in [1.807, 2.05) is 24.3 Å². The number of nitrogens with zero attached hydrogens (tertiary/aromatic N) is 2. The summed E-state index contributed by atoms with van der Waals surface area (Å²) in [5, 5.41) is 14.5. The average molecular weight is 393 g/mol. The van der Waals surface area contributed by atoms with Crippen LogP contribution in [0, 0.1) is 10.1 Å². The van der Waals surface area contributed by atoms with E-state index in [2.05, 4.69) is 23.7 Å². The molecule has 0 radical (unpaired) electrons. The van der Waals surface area contributed by atoms with Crippen molar-refractivity contribution in [3.05, 3.63) is 75.8 Å². The summed E-state index contributed by atoms with van der Waals surface area (Å²) in [6, 6.07) is 12.8. The second kappa shape index (κ2) is 8.90. The molecule has 1 aliphatic heterocycles. The summed E-state index contributed by atoms with van der Waals surface area (Å²) >= 11 is 0. The van der Waals surface area contributed by atoms with Crippen LogP contribution in [0.15, 0.2) is 49.0 Å². The smallest absolute Gasteiger partial charge is 0.293 e. The fourth-order valence-corrected chi connectivity index (χ4v) is 4.08. The first-order valence-electron chi connectivity index (χ1n) is 10.0. The predicted octanol–water partition coefficient (Wildman–Crippen LogP) is 4.78. The Morgan fingerprint density at radius 1 is 1.24 bits per heavy atom. The molecular weight excluding hydrogens is 366 g/mol. The molecule has 1 aliphatic rings. The number of hydrogen-bond acceptors (Lipinski definition) is 4. The fourth-order valence-electron chi connectivity index (χ4n) is 4.08. The van der Waals surface area contributed by atoms with Crippen molar-refractivity contribution in [3.63, 3.8) is 0 Å². The molecule has 0 saturated carbocycles. The number of anilines is 1. The van der Waals surface area contributed by atoms with Crippen LogP contribution in [-0.4, -0.2) is 30.5 Å². The summed E-state index contributed by atoms with van der Waals surface area (Å²) in [7, 11) is 1.57. The second-order valence-corrected chi connectivity index (χ2v) is 7.32. The van der Waals surface area contributed by atoms with Gasteiger partial charge in [0.25, 0.3) is 11.6 Å². The Labute approximate surface area is 171 Å². The van der Waals surface area contributed by atoms with Gasteiger partial charge < -0.3 is 10.2 Å². The van der Waals surface area contributed by atoms with Gasteiger partial charge in [-0.25, -0.2) is 0 Å². The predicted molar refractivity (Wildman–Crippen MR) is 116 cm³/mol. The second-order valence-electron chi connectivity index (χ2n) is 7.32. The molecule has 1 amide bonds. The van der Waals surface area contributed by atoms with Gasteiger partial charge in [0.05, 0.1) is 4.92 Å². The highest BCUT2D eigenvalue weighted by molar-refractivity contribution is 6.00. The van der Waals surface area contributed by atoms with Gasteiger partial charge in [0.1, 0.15) is 5.69 Å². The Balaban J connectivity index is 2.02. The summed E-state index contributed by atoms with van der Waals surface area (Å²) in [6.45, 7) is 7.09. The van der Waals surface area contributed by atoms with Crippen LogP contribution in [0.4, 0.5) is 11.4 Å². The third-order valence-electron chi connectivity index (χ3n) is 5.65. The molecule has 29 heavy (non-hydrogen) atoms. The van der Waals surface area contributed by atoms with Gasteiger partial charge in [-0.15, -0.1) is 0 Å². The first kappa shape index (κ1) is 20.6. The highest BCUT2D eigenvalue weighted by atomic mass is 16.6. The van der Waals surface area contributed by atoms with Gasteiger partial charge in [0, 0.05) is 31.3 Å². The van der Waals surface area contributed by atoms with Crippen LogP contribution < -0.4 is 10.2 Å². The minimum Gasteiger partial charge on any atom is -0.363 e. The molecular formula is C23H27N3O3. The maximum absolute atomic E-state index is 12.2. The summed E-state index contributed by atoms with van der Waals surface area (Å²) in [6.07, 6.45) is 4.22. The Kier molecular flexibility index (Phi) is 6.32. The Hall–Kier alpha value is -3.15. The lowest BCUT2D eigenvalue weighted by atomic mass is 9.93. The summed E-state index contributed by atoms with van der Waals surface area (Å²) < 4.78 is 0. The van der Waals surface area contributed by atoms with Gasteiger partial charge in [-0.05, 0) is 54.5 Å². The zero-order valence-corrected chi connectivity index (χ0v) is 17.0. The van der Waals surface area contributed by atoms with Crippen molar-refractivity contribution in [2.45, 2.75) is 38.6 Å². The van der Waals surface area contributed by atoms with Crippen molar-refractivity contribution >= 4 is 22.9 Å². The highest BCUT2D eigenvalue weighted by Gasteiger charge is 2.28. The lowest BCUT2D eigenvalue weighted by Gasteiger charge is -2.36. The molecule has 0 spiro atoms. The topological polar surface area (TPSA) is 75.5 Å². The molecule has 1 saturated heterocycles. The quantitative estimate of drug-likeness (QED) is 0.566. The summed E-state index contributed by atoms with van der Waals surface area (Å²) in [4.78, 5) is 25.9. The molecule has 6 nitrogen and oxygen atoms in total. The van der Waals surface area contributed by atoms with E-state index in [4.69, 9.17) is 0 Å². The number of nitro benzene ring substituents is 1. The van der Waals surface area contributed by atoms with Crippen molar-refractivity contribution in [1.82, 2.24) is 5.32 Å². The van der Waals surface area contributed by atoms with Crippen LogP contribution in [0.25, 0.3) is 5.57 Å². The van der Waals surface area contributed by atoms with E-state index in [0.29, 0.717) is 34.0 Å². The Morgan fingerprint density at radius 3 is 2.62 bits per heavy atom. The Morgan fingerprint density at radius 2 is 1.97 bits per heavy atom. The Bertz CT molecular complexity index is 939. The number of piperidine rings is 1. The highest BCUT2D eigenvalue weighted by Crippen LogP contribution is 2.37. The number of carbonyl (C=O) groups is 1. The van der Waals surface area contributed by atoms with Gasteiger partial charge in [0.15, 0.2) is 0 Å². The molecule has 2 aromatic rings. The van der Waals surface area contributed by atoms with E-state index in [1.165, 1.54) is 0 Å². The monoisotopic (exact) mass is 393 g/mol. The maximum Gasteiger partial charge on any atom is 0.293 e.